The Hall–Kier alpha value is -0.840. The highest BCUT2D eigenvalue weighted by molar-refractivity contribution is 6.31. The van der Waals surface area contributed by atoms with Gasteiger partial charge < -0.3 is 5.43 Å². The molecule has 0 spiro atoms. The lowest BCUT2D eigenvalue weighted by molar-refractivity contribution is 0.309. The van der Waals surface area contributed by atoms with Gasteiger partial charge in [-0.25, -0.2) is 10.8 Å². The number of nitrogen functional groups attached to an aromatic ring is 1. The van der Waals surface area contributed by atoms with Gasteiger partial charge in [0.2, 0.25) is 0 Å². The molecule has 1 fully saturated rings. The number of rotatable bonds is 5. The molecule has 1 aromatic rings. The molecule has 0 amide bonds. The topological polar surface area (TPSA) is 54.2 Å². The Balaban J connectivity index is 1.97. The van der Waals surface area contributed by atoms with Crippen LogP contribution < -0.4 is 11.3 Å². The number of hydrogen-bond donors (Lipinski definition) is 2. The Morgan fingerprint density at radius 3 is 3.11 bits per heavy atom. The second-order valence-corrected chi connectivity index (χ2v) is 5.36. The molecule has 1 aliphatic heterocycles. The molecule has 0 radical (unpaired) electrons. The van der Waals surface area contributed by atoms with Gasteiger partial charge in [0.1, 0.15) is 5.82 Å². The predicted molar refractivity (Wildman–Crippen MR) is 75.3 cm³/mol. The van der Waals surface area contributed by atoms with E-state index in [1.165, 1.54) is 19.3 Å². The zero-order chi connectivity index (χ0) is 13.0. The maximum absolute atomic E-state index is 6.17. The van der Waals surface area contributed by atoms with E-state index in [0.717, 1.165) is 31.2 Å². The molecule has 0 saturated carbocycles. The molecule has 1 atom stereocenters. The largest absolute Gasteiger partial charge is 0.308 e. The van der Waals surface area contributed by atoms with Crippen LogP contribution in [0.4, 0.5) is 5.82 Å². The van der Waals surface area contributed by atoms with Gasteiger partial charge in [-0.3, -0.25) is 4.90 Å². The molecule has 1 aromatic heterocycles. The van der Waals surface area contributed by atoms with Crippen molar-refractivity contribution in [2.24, 2.45) is 11.8 Å². The Bertz CT molecular complexity index is 397. The van der Waals surface area contributed by atoms with E-state index in [0.29, 0.717) is 10.8 Å². The minimum absolute atomic E-state index is 0.665. The molecule has 1 unspecified atom stereocenters. The fourth-order valence-electron chi connectivity index (χ4n) is 2.59. The number of anilines is 1. The number of pyridine rings is 1. The van der Waals surface area contributed by atoms with Crippen molar-refractivity contribution >= 4 is 17.4 Å². The van der Waals surface area contributed by atoms with Crippen LogP contribution in [0.25, 0.3) is 0 Å². The minimum Gasteiger partial charge on any atom is -0.308 e. The van der Waals surface area contributed by atoms with Crippen molar-refractivity contribution in [3.63, 3.8) is 0 Å². The quantitative estimate of drug-likeness (QED) is 0.637. The van der Waals surface area contributed by atoms with Gasteiger partial charge in [0, 0.05) is 13.1 Å². The third-order valence-corrected chi connectivity index (χ3v) is 3.85. The lowest BCUT2D eigenvalue weighted by Crippen LogP contribution is -2.21. The number of nitrogens with two attached hydrogens (primary N) is 1. The number of hydrazine groups is 1. The third kappa shape index (κ3) is 3.34. The first kappa shape index (κ1) is 13.6. The minimum atomic E-state index is 0.665. The number of aromatic nitrogens is 1. The fourth-order valence-corrected chi connectivity index (χ4v) is 2.75. The third-order valence-electron chi connectivity index (χ3n) is 3.51. The summed E-state index contributed by atoms with van der Waals surface area (Å²) in [7, 11) is 0. The summed E-state index contributed by atoms with van der Waals surface area (Å²) in [5, 5.41) is 0.716. The molecular formula is C13H21ClN4. The highest BCUT2D eigenvalue weighted by atomic mass is 35.5. The van der Waals surface area contributed by atoms with E-state index < -0.39 is 0 Å². The van der Waals surface area contributed by atoms with Gasteiger partial charge in [0.25, 0.3) is 0 Å². The van der Waals surface area contributed by atoms with Crippen LogP contribution in [0.1, 0.15) is 31.9 Å². The van der Waals surface area contributed by atoms with Crippen molar-refractivity contribution in [2.45, 2.75) is 32.7 Å². The molecule has 2 heterocycles. The molecule has 0 aliphatic carbocycles. The second kappa shape index (κ2) is 6.36. The maximum Gasteiger partial charge on any atom is 0.140 e. The van der Waals surface area contributed by atoms with Crippen molar-refractivity contribution in [1.29, 1.82) is 0 Å². The molecule has 1 aliphatic rings. The number of halogens is 1. The zero-order valence-electron chi connectivity index (χ0n) is 10.8. The van der Waals surface area contributed by atoms with Gasteiger partial charge in [-0.2, -0.15) is 0 Å². The summed E-state index contributed by atoms with van der Waals surface area (Å²) in [5.74, 6) is 6.87. The van der Waals surface area contributed by atoms with Crippen molar-refractivity contribution in [3.8, 4) is 0 Å². The van der Waals surface area contributed by atoms with Crippen molar-refractivity contribution in [3.05, 3.63) is 22.8 Å². The molecule has 3 N–H and O–H groups in total. The van der Waals surface area contributed by atoms with Crippen LogP contribution in [-0.4, -0.2) is 23.0 Å². The smallest absolute Gasteiger partial charge is 0.140 e. The van der Waals surface area contributed by atoms with Crippen LogP contribution in [0, 0.1) is 5.92 Å². The Morgan fingerprint density at radius 1 is 1.56 bits per heavy atom. The number of likely N-dealkylation sites (tertiary alicyclic amines) is 1. The van der Waals surface area contributed by atoms with E-state index in [2.05, 4.69) is 22.2 Å². The van der Waals surface area contributed by atoms with Gasteiger partial charge in [-0.05, 0) is 37.4 Å². The van der Waals surface area contributed by atoms with Crippen LogP contribution in [0.3, 0.4) is 0 Å². The van der Waals surface area contributed by atoms with Crippen LogP contribution in [0.2, 0.25) is 5.02 Å². The first-order chi connectivity index (χ1) is 8.72. The van der Waals surface area contributed by atoms with Gasteiger partial charge in [-0.1, -0.05) is 24.9 Å². The number of nitrogens with one attached hydrogen (secondary N) is 1. The van der Waals surface area contributed by atoms with Gasteiger partial charge >= 0.3 is 0 Å². The van der Waals surface area contributed by atoms with E-state index in [1.54, 1.807) is 6.07 Å². The van der Waals surface area contributed by atoms with Gasteiger partial charge in [0.15, 0.2) is 0 Å². The molecule has 4 nitrogen and oxygen atoms in total. The molecule has 0 bridgehead atoms. The summed E-state index contributed by atoms with van der Waals surface area (Å²) < 4.78 is 0. The average molecular weight is 269 g/mol. The molecule has 1 saturated heterocycles. The van der Waals surface area contributed by atoms with Crippen molar-refractivity contribution in [1.82, 2.24) is 9.88 Å². The van der Waals surface area contributed by atoms with E-state index >= 15 is 0 Å². The SMILES string of the molecule is CCCC1CCN(Cc2nc(NN)ccc2Cl)C1. The monoisotopic (exact) mass is 268 g/mol. The van der Waals surface area contributed by atoms with Gasteiger partial charge in [0.05, 0.1) is 10.7 Å². The van der Waals surface area contributed by atoms with Gasteiger partial charge in [-0.15, -0.1) is 0 Å². The molecule has 2 rings (SSSR count). The zero-order valence-corrected chi connectivity index (χ0v) is 11.6. The molecule has 18 heavy (non-hydrogen) atoms. The van der Waals surface area contributed by atoms with Crippen LogP contribution >= 0.6 is 11.6 Å². The predicted octanol–water partition coefficient (Wildman–Crippen LogP) is 2.64. The Morgan fingerprint density at radius 2 is 2.39 bits per heavy atom. The highest BCUT2D eigenvalue weighted by Gasteiger charge is 2.22. The number of hydrogen-bond acceptors (Lipinski definition) is 4. The highest BCUT2D eigenvalue weighted by Crippen LogP contribution is 2.24. The summed E-state index contributed by atoms with van der Waals surface area (Å²) >= 11 is 6.17. The summed E-state index contributed by atoms with van der Waals surface area (Å²) in [6.07, 6.45) is 3.88. The molecule has 100 valence electrons. The lowest BCUT2D eigenvalue weighted by atomic mass is 10.0. The molecule has 5 heteroatoms. The van der Waals surface area contributed by atoms with Crippen LogP contribution in [0.5, 0.6) is 0 Å². The Labute approximate surface area is 113 Å². The van der Waals surface area contributed by atoms with Crippen molar-refractivity contribution in [2.75, 3.05) is 18.5 Å². The summed E-state index contributed by atoms with van der Waals surface area (Å²) in [6, 6.07) is 3.63. The standard InChI is InChI=1S/C13H21ClN4/c1-2-3-10-6-7-18(8-10)9-12-11(14)4-5-13(16-12)17-15/h4-5,10H,2-3,6-9,15H2,1H3,(H,16,17). The second-order valence-electron chi connectivity index (χ2n) is 4.95. The van der Waals surface area contributed by atoms with Crippen LogP contribution in [0.15, 0.2) is 12.1 Å². The summed E-state index contributed by atoms with van der Waals surface area (Å²) in [5.41, 5.74) is 3.47. The molecule has 0 aromatic carbocycles. The summed E-state index contributed by atoms with van der Waals surface area (Å²) in [4.78, 5) is 6.84. The maximum atomic E-state index is 6.17. The fraction of sp³-hybridized carbons (Fsp3) is 0.615. The first-order valence-electron chi connectivity index (χ1n) is 6.57. The van der Waals surface area contributed by atoms with Crippen LogP contribution in [-0.2, 0) is 6.54 Å². The van der Waals surface area contributed by atoms with E-state index in [4.69, 9.17) is 17.4 Å². The molecular weight excluding hydrogens is 248 g/mol. The van der Waals surface area contributed by atoms with Crippen molar-refractivity contribution < 1.29 is 0 Å². The van der Waals surface area contributed by atoms with E-state index in [9.17, 15) is 0 Å². The average Bonchev–Trinajstić information content (AvgIpc) is 2.80. The normalized spacial score (nSPS) is 20.3. The summed E-state index contributed by atoms with van der Waals surface area (Å²) in [6.45, 7) is 5.36. The van der Waals surface area contributed by atoms with E-state index in [1.807, 2.05) is 6.07 Å². The first-order valence-corrected chi connectivity index (χ1v) is 6.95. The lowest BCUT2D eigenvalue weighted by Gasteiger charge is -2.16. The Kier molecular flexibility index (Phi) is 4.80. The van der Waals surface area contributed by atoms with E-state index in [-0.39, 0.29) is 0 Å². The number of nitrogens with zero attached hydrogens (tertiary/aromatic N) is 2.